The maximum absolute atomic E-state index is 12.6. The van der Waals surface area contributed by atoms with Crippen LogP contribution in [0.25, 0.3) is 11.0 Å². The van der Waals surface area contributed by atoms with E-state index < -0.39 is 11.5 Å². The molecule has 1 aliphatic rings. The number of nitrogens with zero attached hydrogens (tertiary/aromatic N) is 1. The highest BCUT2D eigenvalue weighted by molar-refractivity contribution is 7.10. The van der Waals surface area contributed by atoms with Crippen molar-refractivity contribution in [3.63, 3.8) is 0 Å². The Morgan fingerprint density at radius 2 is 2.08 bits per heavy atom. The van der Waals surface area contributed by atoms with Gasteiger partial charge in [0.1, 0.15) is 17.2 Å². The average molecular weight is 336 g/mol. The first-order valence-corrected chi connectivity index (χ1v) is 8.17. The maximum atomic E-state index is 12.6. The molecule has 2 aromatic heterocycles. The lowest BCUT2D eigenvalue weighted by Crippen LogP contribution is -2.26. The molecule has 0 saturated heterocycles. The molecule has 0 fully saturated rings. The van der Waals surface area contributed by atoms with Crippen molar-refractivity contribution in [2.75, 3.05) is 0 Å². The minimum atomic E-state index is -0.570. The number of nitriles is 1. The van der Waals surface area contributed by atoms with Crippen LogP contribution in [0.5, 0.6) is 5.75 Å². The Hall–Kier alpha value is -3.04. The van der Waals surface area contributed by atoms with Crippen molar-refractivity contribution in [2.45, 2.75) is 12.8 Å². The Morgan fingerprint density at radius 1 is 1.29 bits per heavy atom. The molecule has 3 aromatic rings. The number of nitrogens with two attached hydrogens (primary N) is 1. The summed E-state index contributed by atoms with van der Waals surface area (Å²) < 4.78 is 11.1. The third kappa shape index (κ3) is 1.95. The minimum Gasteiger partial charge on any atom is -0.439 e. The molecule has 24 heavy (non-hydrogen) atoms. The summed E-state index contributed by atoms with van der Waals surface area (Å²) in [5.74, 6) is -0.172. The Bertz CT molecular complexity index is 1100. The van der Waals surface area contributed by atoms with Crippen LogP contribution in [0.1, 0.15) is 21.9 Å². The summed E-state index contributed by atoms with van der Waals surface area (Å²) in [6.45, 7) is 1.94. The fourth-order valence-electron chi connectivity index (χ4n) is 3.01. The number of hydrogen-bond donors (Lipinski definition) is 1. The van der Waals surface area contributed by atoms with Crippen LogP contribution >= 0.6 is 11.3 Å². The van der Waals surface area contributed by atoms with E-state index in [1.165, 1.54) is 11.3 Å². The number of benzene rings is 1. The highest BCUT2D eigenvalue weighted by Gasteiger charge is 2.36. The van der Waals surface area contributed by atoms with E-state index >= 15 is 0 Å². The Morgan fingerprint density at radius 3 is 2.79 bits per heavy atom. The number of hydrogen-bond acceptors (Lipinski definition) is 6. The van der Waals surface area contributed by atoms with Crippen LogP contribution in [-0.4, -0.2) is 0 Å². The predicted octanol–water partition coefficient (Wildman–Crippen LogP) is 3.38. The first-order chi connectivity index (χ1) is 11.6. The first kappa shape index (κ1) is 14.5. The van der Waals surface area contributed by atoms with Crippen LogP contribution in [-0.2, 0) is 0 Å². The van der Waals surface area contributed by atoms with Crippen molar-refractivity contribution in [3.05, 3.63) is 73.6 Å². The minimum absolute atomic E-state index is 0.0264. The van der Waals surface area contributed by atoms with E-state index in [2.05, 4.69) is 6.07 Å². The van der Waals surface area contributed by atoms with Gasteiger partial charge in [0.2, 0.25) is 5.88 Å². The molecule has 0 amide bonds. The summed E-state index contributed by atoms with van der Waals surface area (Å²) in [5.41, 5.74) is 7.46. The van der Waals surface area contributed by atoms with E-state index in [0.29, 0.717) is 22.3 Å². The summed E-state index contributed by atoms with van der Waals surface area (Å²) in [7, 11) is 0. The maximum Gasteiger partial charge on any atom is 0.344 e. The number of fused-ring (bicyclic) bond motifs is 3. The molecule has 0 unspecified atom stereocenters. The third-order valence-corrected chi connectivity index (χ3v) is 5.22. The molecule has 1 atom stereocenters. The zero-order valence-corrected chi connectivity index (χ0v) is 13.5. The summed E-state index contributed by atoms with van der Waals surface area (Å²) in [6, 6.07) is 11.2. The highest BCUT2D eigenvalue weighted by Crippen LogP contribution is 2.45. The molecule has 0 aliphatic carbocycles. The van der Waals surface area contributed by atoms with Crippen LogP contribution in [0.4, 0.5) is 0 Å². The molecule has 3 heterocycles. The van der Waals surface area contributed by atoms with Gasteiger partial charge in [0.15, 0.2) is 5.75 Å². The van der Waals surface area contributed by atoms with Crippen LogP contribution in [0.2, 0.25) is 0 Å². The second-order valence-corrected chi connectivity index (χ2v) is 6.47. The molecule has 0 radical (unpaired) electrons. The van der Waals surface area contributed by atoms with Crippen LogP contribution in [0.15, 0.2) is 56.4 Å². The van der Waals surface area contributed by atoms with E-state index in [9.17, 15) is 10.1 Å². The lowest BCUT2D eigenvalue weighted by atomic mass is 9.87. The van der Waals surface area contributed by atoms with Gasteiger partial charge in [0.25, 0.3) is 0 Å². The molecule has 0 bridgehead atoms. The third-order valence-electron chi connectivity index (χ3n) is 4.14. The van der Waals surface area contributed by atoms with Crippen LogP contribution in [0, 0.1) is 18.3 Å². The second kappa shape index (κ2) is 5.25. The number of aryl methyl sites for hydroxylation is 1. The molecule has 118 valence electrons. The lowest BCUT2D eigenvalue weighted by molar-refractivity contribution is 0.388. The highest BCUT2D eigenvalue weighted by atomic mass is 32.1. The zero-order chi connectivity index (χ0) is 16.8. The molecule has 0 saturated carbocycles. The molecular formula is C18H12N2O3S. The monoisotopic (exact) mass is 336 g/mol. The molecule has 6 heteroatoms. The van der Waals surface area contributed by atoms with E-state index in [0.717, 1.165) is 10.4 Å². The lowest BCUT2D eigenvalue weighted by Gasteiger charge is -2.25. The van der Waals surface area contributed by atoms with Crippen molar-refractivity contribution in [1.82, 2.24) is 0 Å². The van der Waals surface area contributed by atoms with Gasteiger partial charge in [-0.3, -0.25) is 0 Å². The van der Waals surface area contributed by atoms with Crippen molar-refractivity contribution in [1.29, 1.82) is 5.26 Å². The molecule has 1 aromatic carbocycles. The molecular weight excluding hydrogens is 324 g/mol. The van der Waals surface area contributed by atoms with Gasteiger partial charge in [0, 0.05) is 4.88 Å². The Kier molecular flexibility index (Phi) is 3.18. The van der Waals surface area contributed by atoms with Gasteiger partial charge in [-0.2, -0.15) is 5.26 Å². The van der Waals surface area contributed by atoms with Gasteiger partial charge in [-0.15, -0.1) is 11.3 Å². The fourth-order valence-corrected chi connectivity index (χ4v) is 4.05. The number of para-hydroxylation sites is 1. The molecule has 0 spiro atoms. The topological polar surface area (TPSA) is 89.3 Å². The number of allylic oxidation sites excluding steroid dienone is 1. The van der Waals surface area contributed by atoms with E-state index in [1.54, 1.807) is 18.2 Å². The molecule has 1 aliphatic heterocycles. The van der Waals surface area contributed by atoms with E-state index in [4.69, 9.17) is 14.9 Å². The smallest absolute Gasteiger partial charge is 0.344 e. The predicted molar refractivity (Wildman–Crippen MR) is 90.8 cm³/mol. The fraction of sp³-hybridized carbons (Fsp3) is 0.111. The Balaban J connectivity index is 2.12. The van der Waals surface area contributed by atoms with Crippen molar-refractivity contribution >= 4 is 22.3 Å². The SMILES string of the molecule is Cc1ccsc1[C@@H]1C(C#N)=C(N)Oc2c1c(=O)oc1ccccc21. The van der Waals surface area contributed by atoms with Gasteiger partial charge < -0.3 is 14.9 Å². The average Bonchev–Trinajstić information content (AvgIpc) is 2.99. The summed E-state index contributed by atoms with van der Waals surface area (Å²) in [5, 5.41) is 12.1. The number of thiophene rings is 1. The van der Waals surface area contributed by atoms with Crippen LogP contribution in [0.3, 0.4) is 0 Å². The largest absolute Gasteiger partial charge is 0.439 e. The standard InChI is InChI=1S/C18H12N2O3S/c1-9-6-7-24-16(9)13-11(8-19)17(20)23-15-10-4-2-3-5-12(10)22-18(21)14(13)15/h2-7,13H,20H2,1H3/t13-/m1/s1. The van der Waals surface area contributed by atoms with Gasteiger partial charge in [-0.1, -0.05) is 12.1 Å². The quantitative estimate of drug-likeness (QED) is 0.688. The van der Waals surface area contributed by atoms with Gasteiger partial charge in [0.05, 0.1) is 16.9 Å². The molecule has 4 rings (SSSR count). The molecule has 5 nitrogen and oxygen atoms in total. The van der Waals surface area contributed by atoms with Crippen LogP contribution < -0.4 is 16.1 Å². The van der Waals surface area contributed by atoms with Gasteiger partial charge in [-0.05, 0) is 36.1 Å². The van der Waals surface area contributed by atoms with Crippen molar-refractivity contribution in [2.24, 2.45) is 5.73 Å². The summed E-state index contributed by atoms with van der Waals surface area (Å²) in [4.78, 5) is 13.5. The second-order valence-electron chi connectivity index (χ2n) is 5.52. The van der Waals surface area contributed by atoms with Gasteiger partial charge in [-0.25, -0.2) is 4.79 Å². The first-order valence-electron chi connectivity index (χ1n) is 7.29. The number of ether oxygens (including phenoxy) is 1. The van der Waals surface area contributed by atoms with E-state index in [-0.39, 0.29) is 11.5 Å². The normalized spacial score (nSPS) is 16.6. The summed E-state index contributed by atoms with van der Waals surface area (Å²) in [6.07, 6.45) is 0. The van der Waals surface area contributed by atoms with Crippen molar-refractivity contribution < 1.29 is 9.15 Å². The zero-order valence-electron chi connectivity index (χ0n) is 12.7. The van der Waals surface area contributed by atoms with Gasteiger partial charge >= 0.3 is 5.63 Å². The summed E-state index contributed by atoms with van der Waals surface area (Å²) >= 11 is 1.48. The molecule has 2 N–H and O–H groups in total. The van der Waals surface area contributed by atoms with E-state index in [1.807, 2.05) is 24.4 Å². The number of rotatable bonds is 1. The van der Waals surface area contributed by atoms with Crippen molar-refractivity contribution in [3.8, 4) is 11.8 Å². The Labute approximate surface area is 141 Å².